The molecule has 1 aromatic heterocycles. The molecular weight excluding hydrogens is 468 g/mol. The lowest BCUT2D eigenvalue weighted by molar-refractivity contribution is 0.102. The molecular formula is C26H24N2O6S. The zero-order valence-corrected chi connectivity index (χ0v) is 20.0. The number of benzene rings is 3. The normalized spacial score (nSPS) is 11.5. The van der Waals surface area contributed by atoms with Crippen LogP contribution in [0.2, 0.25) is 0 Å². The van der Waals surface area contributed by atoms with Crippen LogP contribution in [0.1, 0.15) is 15.9 Å². The summed E-state index contributed by atoms with van der Waals surface area (Å²) in [4.78, 5) is 25.2. The van der Waals surface area contributed by atoms with Crippen LogP contribution >= 0.6 is 0 Å². The first-order valence-electron chi connectivity index (χ1n) is 10.8. The van der Waals surface area contributed by atoms with Gasteiger partial charge in [0.25, 0.3) is 5.91 Å². The molecule has 0 saturated carbocycles. The number of sulfonamides is 1. The lowest BCUT2D eigenvalue weighted by Gasteiger charge is -2.09. The van der Waals surface area contributed by atoms with E-state index in [2.05, 4.69) is 10.0 Å². The standard InChI is InChI=1S/C26H24N2O6S/c1-17-3-12-24-22(15-17)23(29)16-25(34-24)18-4-6-19(7-5-18)26(30)28-20-8-10-21(11-9-20)35(31,32)27-13-14-33-2/h3-12,15-16,27H,13-14H2,1-2H3,(H,28,30). The summed E-state index contributed by atoms with van der Waals surface area (Å²) in [7, 11) is -2.17. The van der Waals surface area contributed by atoms with Gasteiger partial charge in [-0.1, -0.05) is 23.8 Å². The van der Waals surface area contributed by atoms with Crippen molar-refractivity contribution in [3.05, 3.63) is 94.1 Å². The van der Waals surface area contributed by atoms with Crippen LogP contribution in [0.3, 0.4) is 0 Å². The monoisotopic (exact) mass is 492 g/mol. The lowest BCUT2D eigenvalue weighted by Crippen LogP contribution is -2.27. The molecule has 0 atom stereocenters. The molecule has 0 bridgehead atoms. The topological polar surface area (TPSA) is 115 Å². The van der Waals surface area contributed by atoms with Crippen molar-refractivity contribution in [2.45, 2.75) is 11.8 Å². The fraction of sp³-hybridized carbons (Fsp3) is 0.154. The predicted molar refractivity (Wildman–Crippen MR) is 134 cm³/mol. The maximum absolute atomic E-state index is 12.6. The third-order valence-electron chi connectivity index (χ3n) is 5.33. The maximum Gasteiger partial charge on any atom is 0.255 e. The minimum Gasteiger partial charge on any atom is -0.456 e. The van der Waals surface area contributed by atoms with Crippen molar-refractivity contribution >= 4 is 32.6 Å². The Morgan fingerprint density at radius 2 is 1.69 bits per heavy atom. The van der Waals surface area contributed by atoms with Crippen molar-refractivity contribution in [1.29, 1.82) is 0 Å². The van der Waals surface area contributed by atoms with Gasteiger partial charge in [0.2, 0.25) is 10.0 Å². The van der Waals surface area contributed by atoms with Crippen LogP contribution in [-0.4, -0.2) is 34.6 Å². The quantitative estimate of drug-likeness (QED) is 0.360. The molecule has 0 aliphatic heterocycles. The Balaban J connectivity index is 1.46. The van der Waals surface area contributed by atoms with Gasteiger partial charge in [-0.25, -0.2) is 13.1 Å². The summed E-state index contributed by atoms with van der Waals surface area (Å²) in [6.07, 6.45) is 0. The number of carbonyl (C=O) groups excluding carboxylic acids is 1. The molecule has 0 aliphatic carbocycles. The minimum atomic E-state index is -3.65. The number of hydrogen-bond donors (Lipinski definition) is 2. The van der Waals surface area contributed by atoms with Gasteiger partial charge in [-0.3, -0.25) is 9.59 Å². The van der Waals surface area contributed by atoms with Gasteiger partial charge in [-0.2, -0.15) is 0 Å². The number of fused-ring (bicyclic) bond motifs is 1. The molecule has 0 aliphatic rings. The summed E-state index contributed by atoms with van der Waals surface area (Å²) in [6, 6.07) is 19.4. The molecule has 0 fully saturated rings. The van der Waals surface area contributed by atoms with E-state index in [4.69, 9.17) is 9.15 Å². The summed E-state index contributed by atoms with van der Waals surface area (Å²) in [5.74, 6) is 0.0510. The van der Waals surface area contributed by atoms with E-state index in [1.165, 1.54) is 37.4 Å². The molecule has 4 aromatic rings. The summed E-state index contributed by atoms with van der Waals surface area (Å²) in [5, 5.41) is 3.26. The SMILES string of the molecule is COCCNS(=O)(=O)c1ccc(NC(=O)c2ccc(-c3cc(=O)c4cc(C)ccc4o3)cc2)cc1. The van der Waals surface area contributed by atoms with Crippen molar-refractivity contribution in [3.63, 3.8) is 0 Å². The van der Waals surface area contributed by atoms with Gasteiger partial charge in [-0.15, -0.1) is 0 Å². The summed E-state index contributed by atoms with van der Waals surface area (Å²) in [5.41, 5.74) is 2.85. The van der Waals surface area contributed by atoms with Crippen LogP contribution in [0, 0.1) is 6.92 Å². The molecule has 1 heterocycles. The highest BCUT2D eigenvalue weighted by Crippen LogP contribution is 2.23. The van der Waals surface area contributed by atoms with Gasteiger partial charge in [0, 0.05) is 36.5 Å². The molecule has 4 rings (SSSR count). The second-order valence-corrected chi connectivity index (χ2v) is 9.69. The smallest absolute Gasteiger partial charge is 0.255 e. The van der Waals surface area contributed by atoms with E-state index in [1.54, 1.807) is 36.4 Å². The number of hydrogen-bond acceptors (Lipinski definition) is 6. The third-order valence-corrected chi connectivity index (χ3v) is 6.81. The van der Waals surface area contributed by atoms with E-state index in [0.717, 1.165) is 5.56 Å². The number of amides is 1. The minimum absolute atomic E-state index is 0.0861. The highest BCUT2D eigenvalue weighted by molar-refractivity contribution is 7.89. The number of methoxy groups -OCH3 is 1. The van der Waals surface area contributed by atoms with E-state index >= 15 is 0 Å². The average Bonchev–Trinajstić information content (AvgIpc) is 2.85. The fourth-order valence-electron chi connectivity index (χ4n) is 3.48. The van der Waals surface area contributed by atoms with Crippen LogP contribution in [0.15, 0.2) is 86.9 Å². The first-order valence-corrected chi connectivity index (χ1v) is 12.3. The first-order chi connectivity index (χ1) is 16.8. The van der Waals surface area contributed by atoms with Crippen molar-refractivity contribution < 1.29 is 22.4 Å². The molecule has 35 heavy (non-hydrogen) atoms. The molecule has 8 nitrogen and oxygen atoms in total. The van der Waals surface area contributed by atoms with Crippen LogP contribution < -0.4 is 15.5 Å². The summed E-state index contributed by atoms with van der Waals surface area (Å²) in [6.45, 7) is 2.34. The largest absolute Gasteiger partial charge is 0.456 e. The van der Waals surface area contributed by atoms with Gasteiger partial charge in [0.05, 0.1) is 16.9 Å². The van der Waals surface area contributed by atoms with Crippen LogP contribution in [0.5, 0.6) is 0 Å². The average molecular weight is 493 g/mol. The zero-order chi connectivity index (χ0) is 25.0. The molecule has 0 radical (unpaired) electrons. The Bertz CT molecular complexity index is 1530. The van der Waals surface area contributed by atoms with Crippen LogP contribution in [0.4, 0.5) is 5.69 Å². The van der Waals surface area contributed by atoms with Gasteiger partial charge in [-0.05, 0) is 55.5 Å². The summed E-state index contributed by atoms with van der Waals surface area (Å²) >= 11 is 0. The van der Waals surface area contributed by atoms with E-state index < -0.39 is 10.0 Å². The molecule has 9 heteroatoms. The Kier molecular flexibility index (Phi) is 7.11. The van der Waals surface area contributed by atoms with Crippen LogP contribution in [-0.2, 0) is 14.8 Å². The van der Waals surface area contributed by atoms with Gasteiger partial charge >= 0.3 is 0 Å². The van der Waals surface area contributed by atoms with E-state index in [1.807, 2.05) is 13.0 Å². The fourth-order valence-corrected chi connectivity index (χ4v) is 4.49. The summed E-state index contributed by atoms with van der Waals surface area (Å²) < 4.78 is 37.6. The molecule has 180 valence electrons. The second-order valence-electron chi connectivity index (χ2n) is 7.92. The number of nitrogens with one attached hydrogen (secondary N) is 2. The van der Waals surface area contributed by atoms with Crippen molar-refractivity contribution in [2.24, 2.45) is 0 Å². The molecule has 2 N–H and O–H groups in total. The number of carbonyl (C=O) groups is 1. The Morgan fingerprint density at radius 3 is 2.37 bits per heavy atom. The van der Waals surface area contributed by atoms with Crippen LogP contribution in [0.25, 0.3) is 22.3 Å². The van der Waals surface area contributed by atoms with Crippen molar-refractivity contribution in [1.82, 2.24) is 4.72 Å². The van der Waals surface area contributed by atoms with Crippen molar-refractivity contribution in [2.75, 3.05) is 25.6 Å². The number of rotatable bonds is 8. The van der Waals surface area contributed by atoms with Gasteiger partial charge in [0.15, 0.2) is 5.43 Å². The van der Waals surface area contributed by atoms with Crippen molar-refractivity contribution in [3.8, 4) is 11.3 Å². The van der Waals surface area contributed by atoms with E-state index in [9.17, 15) is 18.0 Å². The molecule has 0 saturated heterocycles. The zero-order valence-electron chi connectivity index (χ0n) is 19.2. The predicted octanol–water partition coefficient (Wildman–Crippen LogP) is 3.95. The molecule has 1 amide bonds. The molecule has 0 spiro atoms. The maximum atomic E-state index is 12.6. The number of ether oxygens (including phenoxy) is 1. The Hall–Kier alpha value is -3.79. The third kappa shape index (κ3) is 5.65. The lowest BCUT2D eigenvalue weighted by atomic mass is 10.1. The first kappa shape index (κ1) is 24.3. The Morgan fingerprint density at radius 1 is 0.971 bits per heavy atom. The van der Waals surface area contributed by atoms with Gasteiger partial charge < -0.3 is 14.5 Å². The second kappa shape index (κ2) is 10.2. The molecule has 3 aromatic carbocycles. The number of aryl methyl sites for hydroxylation is 1. The molecule has 0 unspecified atom stereocenters. The van der Waals surface area contributed by atoms with E-state index in [0.29, 0.717) is 33.5 Å². The number of anilines is 1. The van der Waals surface area contributed by atoms with Gasteiger partial charge in [0.1, 0.15) is 11.3 Å². The highest BCUT2D eigenvalue weighted by Gasteiger charge is 2.14. The Labute approximate surface area is 202 Å². The van der Waals surface area contributed by atoms with E-state index in [-0.39, 0.29) is 29.4 Å². The highest BCUT2D eigenvalue weighted by atomic mass is 32.2.